The molecule has 0 aliphatic rings. The zero-order valence-electron chi connectivity index (χ0n) is 13.1. The number of hydrogen-bond donors (Lipinski definition) is 2. The van der Waals surface area contributed by atoms with Crippen molar-refractivity contribution in [1.29, 1.82) is 0 Å². The molecule has 0 aliphatic heterocycles. The Labute approximate surface area is 131 Å². The Morgan fingerprint density at radius 1 is 1.05 bits per heavy atom. The maximum atomic E-state index is 12.2. The van der Waals surface area contributed by atoms with Gasteiger partial charge in [-0.3, -0.25) is 4.79 Å². The molecule has 0 atom stereocenters. The molecule has 2 rings (SSSR count). The average molecular weight is 298 g/mol. The standard InChI is InChI=1S/C18H22N2O2/c1-14-6-3-4-7-17(14)18(21)20-16-10-8-15(9-11-16)19-12-5-13-22-2/h3-4,6-11,19H,5,12-13H2,1-2H3,(H,20,21). The molecule has 0 heterocycles. The van der Waals surface area contributed by atoms with Crippen LogP contribution in [-0.4, -0.2) is 26.2 Å². The van der Waals surface area contributed by atoms with Crippen molar-refractivity contribution < 1.29 is 9.53 Å². The van der Waals surface area contributed by atoms with Gasteiger partial charge in [0.05, 0.1) is 0 Å². The van der Waals surface area contributed by atoms with E-state index in [1.807, 2.05) is 55.5 Å². The Hall–Kier alpha value is -2.33. The second-order valence-electron chi connectivity index (χ2n) is 5.12. The molecule has 4 heteroatoms. The molecular formula is C18H22N2O2. The number of anilines is 2. The van der Waals surface area contributed by atoms with Gasteiger partial charge in [0.1, 0.15) is 0 Å². The van der Waals surface area contributed by atoms with Crippen LogP contribution in [0.15, 0.2) is 48.5 Å². The Bertz CT molecular complexity index is 609. The van der Waals surface area contributed by atoms with Gasteiger partial charge in [0, 0.05) is 37.2 Å². The minimum Gasteiger partial charge on any atom is -0.385 e. The predicted molar refractivity (Wildman–Crippen MR) is 90.6 cm³/mol. The number of hydrogen-bond acceptors (Lipinski definition) is 3. The summed E-state index contributed by atoms with van der Waals surface area (Å²) in [5, 5.41) is 6.22. The van der Waals surface area contributed by atoms with Crippen LogP contribution in [0.5, 0.6) is 0 Å². The minimum atomic E-state index is -0.0843. The second kappa shape index (κ2) is 8.20. The van der Waals surface area contributed by atoms with Crippen LogP contribution in [-0.2, 0) is 4.74 Å². The highest BCUT2D eigenvalue weighted by atomic mass is 16.5. The topological polar surface area (TPSA) is 50.4 Å². The summed E-state index contributed by atoms with van der Waals surface area (Å²) in [6, 6.07) is 15.3. The molecule has 1 amide bonds. The van der Waals surface area contributed by atoms with Crippen molar-refractivity contribution in [2.75, 3.05) is 30.9 Å². The summed E-state index contributed by atoms with van der Waals surface area (Å²) in [4.78, 5) is 12.2. The molecule has 116 valence electrons. The van der Waals surface area contributed by atoms with Gasteiger partial charge in [-0.05, 0) is 49.2 Å². The van der Waals surface area contributed by atoms with Crippen molar-refractivity contribution in [3.05, 3.63) is 59.7 Å². The van der Waals surface area contributed by atoms with E-state index in [-0.39, 0.29) is 5.91 Å². The molecule has 2 aromatic carbocycles. The third-order valence-electron chi connectivity index (χ3n) is 3.39. The smallest absolute Gasteiger partial charge is 0.255 e. The van der Waals surface area contributed by atoms with Crippen molar-refractivity contribution in [2.45, 2.75) is 13.3 Å². The summed E-state index contributed by atoms with van der Waals surface area (Å²) in [7, 11) is 1.70. The summed E-state index contributed by atoms with van der Waals surface area (Å²) in [6.45, 7) is 3.54. The van der Waals surface area contributed by atoms with Crippen LogP contribution in [0.4, 0.5) is 11.4 Å². The van der Waals surface area contributed by atoms with Crippen LogP contribution in [0.2, 0.25) is 0 Å². The lowest BCUT2D eigenvalue weighted by Crippen LogP contribution is -2.13. The number of carbonyl (C=O) groups is 1. The fourth-order valence-corrected chi connectivity index (χ4v) is 2.15. The maximum absolute atomic E-state index is 12.2. The molecule has 0 bridgehead atoms. The van der Waals surface area contributed by atoms with Crippen LogP contribution in [0.3, 0.4) is 0 Å². The number of carbonyl (C=O) groups excluding carboxylic acids is 1. The van der Waals surface area contributed by atoms with E-state index in [0.29, 0.717) is 5.56 Å². The van der Waals surface area contributed by atoms with Gasteiger partial charge in [-0.25, -0.2) is 0 Å². The number of ether oxygens (including phenoxy) is 1. The highest BCUT2D eigenvalue weighted by Gasteiger charge is 2.08. The molecule has 0 unspecified atom stereocenters. The van der Waals surface area contributed by atoms with E-state index in [0.717, 1.165) is 36.5 Å². The molecule has 4 nitrogen and oxygen atoms in total. The average Bonchev–Trinajstić information content (AvgIpc) is 2.53. The number of nitrogens with one attached hydrogen (secondary N) is 2. The van der Waals surface area contributed by atoms with Gasteiger partial charge < -0.3 is 15.4 Å². The predicted octanol–water partition coefficient (Wildman–Crippen LogP) is 3.70. The maximum Gasteiger partial charge on any atom is 0.255 e. The normalized spacial score (nSPS) is 10.3. The minimum absolute atomic E-state index is 0.0843. The van der Waals surface area contributed by atoms with Crippen molar-refractivity contribution in [3.8, 4) is 0 Å². The van der Waals surface area contributed by atoms with Crippen LogP contribution in [0.1, 0.15) is 22.3 Å². The van der Waals surface area contributed by atoms with Gasteiger partial charge in [0.2, 0.25) is 0 Å². The van der Waals surface area contributed by atoms with Crippen LogP contribution < -0.4 is 10.6 Å². The zero-order valence-corrected chi connectivity index (χ0v) is 13.1. The molecule has 0 aliphatic carbocycles. The quantitative estimate of drug-likeness (QED) is 0.766. The third-order valence-corrected chi connectivity index (χ3v) is 3.39. The van der Waals surface area contributed by atoms with Crippen molar-refractivity contribution in [1.82, 2.24) is 0 Å². The lowest BCUT2D eigenvalue weighted by atomic mass is 10.1. The fourth-order valence-electron chi connectivity index (χ4n) is 2.15. The van der Waals surface area contributed by atoms with E-state index < -0.39 is 0 Å². The second-order valence-corrected chi connectivity index (χ2v) is 5.12. The molecule has 2 aromatic rings. The highest BCUT2D eigenvalue weighted by molar-refractivity contribution is 6.05. The molecular weight excluding hydrogens is 276 g/mol. The van der Waals surface area contributed by atoms with Crippen molar-refractivity contribution in [2.24, 2.45) is 0 Å². The first kappa shape index (κ1) is 16.0. The van der Waals surface area contributed by atoms with Crippen molar-refractivity contribution in [3.63, 3.8) is 0 Å². The number of aryl methyl sites for hydroxylation is 1. The largest absolute Gasteiger partial charge is 0.385 e. The third kappa shape index (κ3) is 4.60. The van der Waals surface area contributed by atoms with Crippen LogP contribution in [0, 0.1) is 6.92 Å². The molecule has 0 aromatic heterocycles. The summed E-state index contributed by atoms with van der Waals surface area (Å²) >= 11 is 0. The lowest BCUT2D eigenvalue weighted by molar-refractivity contribution is 0.102. The molecule has 0 radical (unpaired) electrons. The fraction of sp³-hybridized carbons (Fsp3) is 0.278. The summed E-state index contributed by atoms with van der Waals surface area (Å²) < 4.78 is 5.01. The van der Waals surface area contributed by atoms with E-state index in [9.17, 15) is 4.79 Å². The molecule has 22 heavy (non-hydrogen) atoms. The Kier molecular flexibility index (Phi) is 5.98. The molecule has 0 spiro atoms. The van der Waals surface area contributed by atoms with Crippen LogP contribution in [0.25, 0.3) is 0 Å². The Morgan fingerprint density at radius 2 is 1.73 bits per heavy atom. The zero-order chi connectivity index (χ0) is 15.8. The van der Waals surface area contributed by atoms with Gasteiger partial charge in [0.25, 0.3) is 5.91 Å². The van der Waals surface area contributed by atoms with Gasteiger partial charge >= 0.3 is 0 Å². The summed E-state index contributed by atoms with van der Waals surface area (Å²) in [5.41, 5.74) is 3.49. The van der Waals surface area contributed by atoms with E-state index in [2.05, 4.69) is 10.6 Å². The van der Waals surface area contributed by atoms with E-state index in [1.54, 1.807) is 7.11 Å². The Morgan fingerprint density at radius 3 is 2.41 bits per heavy atom. The SMILES string of the molecule is COCCCNc1ccc(NC(=O)c2ccccc2C)cc1. The first-order valence-corrected chi connectivity index (χ1v) is 7.40. The van der Waals surface area contributed by atoms with E-state index >= 15 is 0 Å². The molecule has 0 fully saturated rings. The van der Waals surface area contributed by atoms with Crippen molar-refractivity contribution >= 4 is 17.3 Å². The first-order valence-electron chi connectivity index (χ1n) is 7.40. The summed E-state index contributed by atoms with van der Waals surface area (Å²) in [5.74, 6) is -0.0843. The lowest BCUT2D eigenvalue weighted by Gasteiger charge is -2.09. The molecule has 0 saturated carbocycles. The Balaban J connectivity index is 1.91. The molecule has 2 N–H and O–H groups in total. The van der Waals surface area contributed by atoms with Gasteiger partial charge in [-0.15, -0.1) is 0 Å². The van der Waals surface area contributed by atoms with Crippen LogP contribution >= 0.6 is 0 Å². The number of amides is 1. The molecule has 0 saturated heterocycles. The first-order chi connectivity index (χ1) is 10.7. The summed E-state index contributed by atoms with van der Waals surface area (Å²) in [6.07, 6.45) is 0.961. The van der Waals surface area contributed by atoms with Gasteiger partial charge in [-0.1, -0.05) is 18.2 Å². The number of methoxy groups -OCH3 is 1. The monoisotopic (exact) mass is 298 g/mol. The van der Waals surface area contributed by atoms with Gasteiger partial charge in [0.15, 0.2) is 0 Å². The number of benzene rings is 2. The van der Waals surface area contributed by atoms with E-state index in [1.165, 1.54) is 0 Å². The highest BCUT2D eigenvalue weighted by Crippen LogP contribution is 2.15. The van der Waals surface area contributed by atoms with Gasteiger partial charge in [-0.2, -0.15) is 0 Å². The van der Waals surface area contributed by atoms with E-state index in [4.69, 9.17) is 4.74 Å². The number of rotatable bonds is 7.